The van der Waals surface area contributed by atoms with Crippen LogP contribution in [0, 0.1) is 11.8 Å². The molecule has 5 atom stereocenters. The van der Waals surface area contributed by atoms with Gasteiger partial charge in [0.25, 0.3) is 0 Å². The maximum atomic E-state index is 13.2. The van der Waals surface area contributed by atoms with Crippen LogP contribution in [0.4, 0.5) is 0 Å². The molecule has 0 radical (unpaired) electrons. The van der Waals surface area contributed by atoms with Crippen LogP contribution in [0.5, 0.6) is 0 Å². The highest BCUT2D eigenvalue weighted by Crippen LogP contribution is 2.15. The molecule has 1 fully saturated rings. The first-order valence-electron chi connectivity index (χ1n) is 15.9. The van der Waals surface area contributed by atoms with Gasteiger partial charge in [-0.1, -0.05) is 73.1 Å². The van der Waals surface area contributed by atoms with Gasteiger partial charge in [0.1, 0.15) is 30.3 Å². The molecule has 5 amide bonds. The zero-order valence-corrected chi connectivity index (χ0v) is 27.2. The third-order valence-corrected chi connectivity index (χ3v) is 7.34. The van der Waals surface area contributed by atoms with Crippen LogP contribution >= 0.6 is 0 Å². The summed E-state index contributed by atoms with van der Waals surface area (Å²) < 4.78 is 5.64. The molecule has 43 heavy (non-hydrogen) atoms. The number of cyclic esters (lactones) is 1. The first-order chi connectivity index (χ1) is 20.2. The summed E-state index contributed by atoms with van der Waals surface area (Å²) in [5.41, 5.74) is 0. The summed E-state index contributed by atoms with van der Waals surface area (Å²) in [5, 5.41) is 13.1. The topological polar surface area (TPSA) is 172 Å². The predicted octanol–water partition coefficient (Wildman–Crippen LogP) is 2.24. The Labute approximate surface area is 257 Å². The molecule has 1 heterocycles. The number of amides is 5. The lowest BCUT2D eigenvalue weighted by Crippen LogP contribution is -2.58. The van der Waals surface area contributed by atoms with E-state index in [-0.39, 0.29) is 24.8 Å². The third kappa shape index (κ3) is 15.2. The molecule has 12 heteroatoms. The van der Waals surface area contributed by atoms with Gasteiger partial charge >= 0.3 is 5.97 Å². The minimum Gasteiger partial charge on any atom is -0.460 e. The fourth-order valence-corrected chi connectivity index (χ4v) is 4.76. The summed E-state index contributed by atoms with van der Waals surface area (Å²) >= 11 is 0. The summed E-state index contributed by atoms with van der Waals surface area (Å²) in [5.74, 6) is -3.73. The van der Waals surface area contributed by atoms with Gasteiger partial charge in [0.05, 0.1) is 13.0 Å². The lowest BCUT2D eigenvalue weighted by Gasteiger charge is -2.27. The van der Waals surface area contributed by atoms with Crippen molar-refractivity contribution in [2.45, 2.75) is 143 Å². The molecule has 12 nitrogen and oxygen atoms in total. The van der Waals surface area contributed by atoms with Gasteiger partial charge in [-0.3, -0.25) is 24.0 Å². The molecule has 1 unspecified atom stereocenters. The van der Waals surface area contributed by atoms with E-state index in [1.807, 2.05) is 13.8 Å². The summed E-state index contributed by atoms with van der Waals surface area (Å²) in [6.07, 6.45) is 7.26. The lowest BCUT2D eigenvalue weighted by molar-refractivity contribution is -0.154. The molecular formula is C31H55N5O7. The number of ether oxygens (including phenoxy) is 1. The molecule has 0 aromatic carbocycles. The van der Waals surface area contributed by atoms with E-state index in [1.54, 1.807) is 13.8 Å². The molecule has 1 aliphatic rings. The Bertz CT molecular complexity index is 939. The molecule has 0 aromatic rings. The van der Waals surface area contributed by atoms with Gasteiger partial charge in [0.2, 0.25) is 29.5 Å². The van der Waals surface area contributed by atoms with Crippen LogP contribution in [0.1, 0.15) is 113 Å². The number of rotatable bonds is 11. The Morgan fingerprint density at radius 2 is 1.33 bits per heavy atom. The van der Waals surface area contributed by atoms with E-state index in [1.165, 1.54) is 26.7 Å². The van der Waals surface area contributed by atoms with Crippen molar-refractivity contribution in [1.29, 1.82) is 0 Å². The maximum absolute atomic E-state index is 13.2. The quantitative estimate of drug-likeness (QED) is 0.177. The molecule has 0 spiro atoms. The molecule has 0 saturated carbocycles. The Hall–Kier alpha value is -3.18. The largest absolute Gasteiger partial charge is 0.460 e. The highest BCUT2D eigenvalue weighted by Gasteiger charge is 2.32. The zero-order chi connectivity index (χ0) is 32.5. The van der Waals surface area contributed by atoms with Crippen LogP contribution < -0.4 is 26.6 Å². The van der Waals surface area contributed by atoms with E-state index < -0.39 is 65.8 Å². The maximum Gasteiger partial charge on any atom is 0.328 e. The summed E-state index contributed by atoms with van der Waals surface area (Å²) in [7, 11) is 0. The second kappa shape index (κ2) is 19.9. The summed E-state index contributed by atoms with van der Waals surface area (Å²) in [6, 6.07) is -3.96. The number of nitrogens with one attached hydrogen (secondary N) is 5. The fourth-order valence-electron chi connectivity index (χ4n) is 4.76. The molecule has 1 saturated heterocycles. The minimum atomic E-state index is -1.03. The van der Waals surface area contributed by atoms with E-state index in [0.29, 0.717) is 12.8 Å². The average Bonchev–Trinajstić information content (AvgIpc) is 2.92. The van der Waals surface area contributed by atoms with Gasteiger partial charge in [0.15, 0.2) is 0 Å². The lowest BCUT2D eigenvalue weighted by atomic mass is 9.99. The first-order valence-corrected chi connectivity index (χ1v) is 15.9. The van der Waals surface area contributed by atoms with Crippen molar-refractivity contribution in [3.05, 3.63) is 0 Å². The van der Waals surface area contributed by atoms with Crippen molar-refractivity contribution in [2.75, 3.05) is 6.54 Å². The molecule has 246 valence electrons. The summed E-state index contributed by atoms with van der Waals surface area (Å²) in [4.78, 5) is 77.5. The van der Waals surface area contributed by atoms with Gasteiger partial charge in [-0.2, -0.15) is 0 Å². The molecule has 1 aliphatic heterocycles. The van der Waals surface area contributed by atoms with Crippen molar-refractivity contribution in [2.24, 2.45) is 11.8 Å². The van der Waals surface area contributed by atoms with Crippen LogP contribution in [0.25, 0.3) is 0 Å². The van der Waals surface area contributed by atoms with E-state index in [0.717, 1.165) is 32.1 Å². The first kappa shape index (κ1) is 37.8. The number of unbranched alkanes of at least 4 members (excludes halogenated alkanes) is 6. The monoisotopic (exact) mass is 609 g/mol. The van der Waals surface area contributed by atoms with Crippen LogP contribution in [-0.4, -0.2) is 72.3 Å². The van der Waals surface area contributed by atoms with Crippen molar-refractivity contribution in [1.82, 2.24) is 26.6 Å². The minimum absolute atomic E-state index is 0.0351. The highest BCUT2D eigenvalue weighted by molar-refractivity contribution is 5.95. The molecule has 0 aromatic heterocycles. The normalized spacial score (nSPS) is 25.5. The fraction of sp³-hybridized carbons (Fsp3) is 0.806. The van der Waals surface area contributed by atoms with Gasteiger partial charge in [-0.05, 0) is 44.9 Å². The Morgan fingerprint density at radius 3 is 1.93 bits per heavy atom. The van der Waals surface area contributed by atoms with E-state index in [9.17, 15) is 28.8 Å². The van der Waals surface area contributed by atoms with Gasteiger partial charge in [-0.15, -0.1) is 0 Å². The molecular weight excluding hydrogens is 554 g/mol. The SMILES string of the molecule is CCCCCCCCCC1CC(=O)NCC(=O)N[C@@H](C(C)C)C(=O)N[C@H](CC(C)C)C(=O)N[C@@H](C)C(=O)N[C@@H](C)C(=O)O1. The molecule has 1 rings (SSSR count). The zero-order valence-electron chi connectivity index (χ0n) is 27.2. The summed E-state index contributed by atoms with van der Waals surface area (Å²) in [6.45, 7) is 12.0. The second-order valence-corrected chi connectivity index (χ2v) is 12.4. The van der Waals surface area contributed by atoms with Crippen LogP contribution in [0.3, 0.4) is 0 Å². The van der Waals surface area contributed by atoms with Crippen LogP contribution in [0.15, 0.2) is 0 Å². The van der Waals surface area contributed by atoms with Crippen molar-refractivity contribution in [3.63, 3.8) is 0 Å². The van der Waals surface area contributed by atoms with Crippen LogP contribution in [0.2, 0.25) is 0 Å². The number of esters is 1. The number of carbonyl (C=O) groups excluding carboxylic acids is 6. The number of hydrogen-bond acceptors (Lipinski definition) is 7. The van der Waals surface area contributed by atoms with E-state index >= 15 is 0 Å². The Kier molecular flexibility index (Phi) is 17.5. The smallest absolute Gasteiger partial charge is 0.328 e. The number of carbonyl (C=O) groups is 6. The third-order valence-electron chi connectivity index (χ3n) is 7.34. The van der Waals surface area contributed by atoms with Crippen molar-refractivity contribution >= 4 is 35.5 Å². The van der Waals surface area contributed by atoms with Crippen LogP contribution in [-0.2, 0) is 33.5 Å². The highest BCUT2D eigenvalue weighted by atomic mass is 16.5. The van der Waals surface area contributed by atoms with Gasteiger partial charge in [0, 0.05) is 0 Å². The van der Waals surface area contributed by atoms with Gasteiger partial charge in [-0.25, -0.2) is 4.79 Å². The standard InChI is InChI=1S/C31H55N5O7/c1-8-9-10-11-12-13-14-15-23-17-25(37)32-18-26(38)36-27(20(4)5)30(41)35-24(16-19(2)3)29(40)33-21(6)28(39)34-22(7)31(42)43-23/h19-24,27H,8-18H2,1-7H3,(H,32,37)(H,33,40)(H,34,39)(H,35,41)(H,36,38)/t21-,22-,23?,24+,27-/m0/s1. The number of hydrogen-bond donors (Lipinski definition) is 5. The predicted molar refractivity (Wildman–Crippen MR) is 163 cm³/mol. The molecule has 0 bridgehead atoms. The Balaban J connectivity index is 3.13. The molecule has 0 aliphatic carbocycles. The van der Waals surface area contributed by atoms with E-state index in [2.05, 4.69) is 33.5 Å². The Morgan fingerprint density at radius 1 is 0.721 bits per heavy atom. The van der Waals surface area contributed by atoms with Crippen molar-refractivity contribution < 1.29 is 33.5 Å². The average molecular weight is 610 g/mol. The van der Waals surface area contributed by atoms with Crippen molar-refractivity contribution in [3.8, 4) is 0 Å². The molecule has 5 N–H and O–H groups in total. The second-order valence-electron chi connectivity index (χ2n) is 12.4. The van der Waals surface area contributed by atoms with Gasteiger partial charge < -0.3 is 31.3 Å². The van der Waals surface area contributed by atoms with E-state index in [4.69, 9.17) is 4.74 Å².